The fourth-order valence-corrected chi connectivity index (χ4v) is 2.43. The van der Waals surface area contributed by atoms with E-state index in [-0.39, 0.29) is 5.60 Å². The summed E-state index contributed by atoms with van der Waals surface area (Å²) in [5, 5.41) is 5.72. The van der Waals surface area contributed by atoms with Gasteiger partial charge in [0.1, 0.15) is 0 Å². The molecule has 0 spiro atoms. The summed E-state index contributed by atoms with van der Waals surface area (Å²) in [5.74, 6) is 0. The van der Waals surface area contributed by atoms with E-state index in [0.29, 0.717) is 6.04 Å². The molecule has 1 unspecified atom stereocenters. The normalized spacial score (nSPS) is 13.9. The zero-order valence-electron chi connectivity index (χ0n) is 11.7. The summed E-state index contributed by atoms with van der Waals surface area (Å²) in [6, 6.07) is 2.53. The van der Waals surface area contributed by atoms with Gasteiger partial charge in [0.25, 0.3) is 0 Å². The van der Waals surface area contributed by atoms with Crippen LogP contribution in [0.5, 0.6) is 0 Å². The van der Waals surface area contributed by atoms with Crippen molar-refractivity contribution in [2.24, 2.45) is 0 Å². The van der Waals surface area contributed by atoms with Crippen molar-refractivity contribution in [3.05, 3.63) is 21.9 Å². The lowest BCUT2D eigenvalue weighted by molar-refractivity contribution is -0.0148. The zero-order valence-corrected chi connectivity index (χ0v) is 12.5. The Morgan fingerprint density at radius 3 is 2.59 bits per heavy atom. The summed E-state index contributed by atoms with van der Waals surface area (Å²) in [6.07, 6.45) is 1.15. The molecule has 0 saturated heterocycles. The maximum absolute atomic E-state index is 5.91. The number of nitrogens with one attached hydrogen (secondary N) is 1. The fraction of sp³-hybridized carbons (Fsp3) is 0.714. The Morgan fingerprint density at radius 2 is 2.12 bits per heavy atom. The van der Waals surface area contributed by atoms with E-state index >= 15 is 0 Å². The van der Waals surface area contributed by atoms with Crippen LogP contribution in [0.1, 0.15) is 50.6 Å². The summed E-state index contributed by atoms with van der Waals surface area (Å²) >= 11 is 1.80. The van der Waals surface area contributed by atoms with Crippen LogP contribution in [0, 0.1) is 6.92 Å². The molecule has 0 aliphatic rings. The third-order valence-corrected chi connectivity index (χ3v) is 3.46. The molecule has 1 atom stereocenters. The zero-order chi connectivity index (χ0) is 12.9. The molecule has 1 aromatic rings. The molecule has 17 heavy (non-hydrogen) atoms. The summed E-state index contributed by atoms with van der Waals surface area (Å²) in [7, 11) is 0. The van der Waals surface area contributed by atoms with E-state index < -0.39 is 0 Å². The first-order chi connectivity index (χ1) is 7.94. The number of aryl methyl sites for hydroxylation is 1. The van der Waals surface area contributed by atoms with E-state index in [1.54, 1.807) is 11.3 Å². The Bertz CT molecular complexity index is 327. The Kier molecular flexibility index (Phi) is 5.63. The van der Waals surface area contributed by atoms with Gasteiger partial charge in [0.15, 0.2) is 0 Å². The molecular weight excluding hydrogens is 230 g/mol. The minimum Gasteiger partial charge on any atom is -0.374 e. The van der Waals surface area contributed by atoms with Gasteiger partial charge in [-0.05, 0) is 57.7 Å². The van der Waals surface area contributed by atoms with Crippen LogP contribution >= 0.6 is 11.3 Å². The molecule has 0 bridgehead atoms. The Morgan fingerprint density at radius 1 is 1.41 bits per heavy atom. The van der Waals surface area contributed by atoms with E-state index in [1.165, 1.54) is 10.4 Å². The third kappa shape index (κ3) is 5.19. The van der Waals surface area contributed by atoms with Gasteiger partial charge in [-0.15, -0.1) is 11.3 Å². The minimum absolute atomic E-state index is 0.0733. The molecular formula is C14H25NOS. The molecule has 0 aromatic carbocycles. The molecule has 0 amide bonds. The lowest BCUT2D eigenvalue weighted by Crippen LogP contribution is -2.30. The monoisotopic (exact) mass is 255 g/mol. The molecule has 1 heterocycles. The van der Waals surface area contributed by atoms with Crippen LogP contribution < -0.4 is 5.32 Å². The quantitative estimate of drug-likeness (QED) is 0.832. The van der Waals surface area contributed by atoms with Gasteiger partial charge in [-0.3, -0.25) is 0 Å². The van der Waals surface area contributed by atoms with Gasteiger partial charge >= 0.3 is 0 Å². The van der Waals surface area contributed by atoms with Gasteiger partial charge in [-0.25, -0.2) is 0 Å². The molecule has 98 valence electrons. The molecule has 0 aliphatic heterocycles. The van der Waals surface area contributed by atoms with Crippen molar-refractivity contribution in [2.45, 2.75) is 52.7 Å². The second-order valence-electron chi connectivity index (χ2n) is 5.36. The molecule has 1 aromatic heterocycles. The number of hydrogen-bond donors (Lipinski definition) is 1. The summed E-state index contributed by atoms with van der Waals surface area (Å²) in [5.41, 5.74) is 1.31. The van der Waals surface area contributed by atoms with E-state index in [4.69, 9.17) is 4.74 Å². The van der Waals surface area contributed by atoms with Crippen molar-refractivity contribution in [3.8, 4) is 0 Å². The van der Waals surface area contributed by atoms with Crippen LogP contribution in [0.25, 0.3) is 0 Å². The Balaban J connectivity index is 2.64. The number of thiophene rings is 1. The van der Waals surface area contributed by atoms with E-state index in [9.17, 15) is 0 Å². The molecule has 1 N–H and O–H groups in total. The fourth-order valence-electron chi connectivity index (χ4n) is 1.67. The van der Waals surface area contributed by atoms with Crippen LogP contribution in [0.2, 0.25) is 0 Å². The van der Waals surface area contributed by atoms with Crippen molar-refractivity contribution in [2.75, 3.05) is 13.2 Å². The van der Waals surface area contributed by atoms with Gasteiger partial charge in [0.05, 0.1) is 18.2 Å². The Labute approximate surface area is 109 Å². The highest BCUT2D eigenvalue weighted by Crippen LogP contribution is 2.24. The standard InChI is InChI=1S/C14H25NOS/c1-6-8-15-13(10-16-14(3,4)5)12-7-9-17-11(12)2/h7,9,13,15H,6,8,10H2,1-5H3. The topological polar surface area (TPSA) is 21.3 Å². The van der Waals surface area contributed by atoms with Crippen molar-refractivity contribution in [1.29, 1.82) is 0 Å². The van der Waals surface area contributed by atoms with Crippen molar-refractivity contribution in [1.82, 2.24) is 5.32 Å². The highest BCUT2D eigenvalue weighted by molar-refractivity contribution is 7.10. The Hall–Kier alpha value is -0.380. The summed E-state index contributed by atoms with van der Waals surface area (Å²) < 4.78 is 5.91. The van der Waals surface area contributed by atoms with E-state index in [2.05, 4.69) is 51.4 Å². The number of rotatable bonds is 6. The molecule has 1 rings (SSSR count). The third-order valence-electron chi connectivity index (χ3n) is 2.60. The molecule has 3 heteroatoms. The van der Waals surface area contributed by atoms with Gasteiger partial charge in [0.2, 0.25) is 0 Å². The first kappa shape index (κ1) is 14.7. The molecule has 0 radical (unpaired) electrons. The second kappa shape index (κ2) is 6.53. The van der Waals surface area contributed by atoms with Gasteiger partial charge in [-0.1, -0.05) is 6.92 Å². The predicted molar refractivity (Wildman–Crippen MR) is 75.8 cm³/mol. The largest absolute Gasteiger partial charge is 0.374 e. The summed E-state index contributed by atoms with van der Waals surface area (Å²) in [6.45, 7) is 12.4. The number of ether oxygens (including phenoxy) is 1. The lowest BCUT2D eigenvalue weighted by atomic mass is 10.1. The van der Waals surface area contributed by atoms with Crippen molar-refractivity contribution >= 4 is 11.3 Å². The molecule has 0 fully saturated rings. The van der Waals surface area contributed by atoms with Crippen LogP contribution in [0.15, 0.2) is 11.4 Å². The minimum atomic E-state index is -0.0733. The van der Waals surface area contributed by atoms with Gasteiger partial charge in [-0.2, -0.15) is 0 Å². The maximum atomic E-state index is 5.91. The lowest BCUT2D eigenvalue weighted by Gasteiger charge is -2.25. The van der Waals surface area contributed by atoms with Crippen LogP contribution in [-0.4, -0.2) is 18.8 Å². The molecule has 2 nitrogen and oxygen atoms in total. The summed E-state index contributed by atoms with van der Waals surface area (Å²) in [4.78, 5) is 1.39. The highest BCUT2D eigenvalue weighted by Gasteiger charge is 2.18. The average molecular weight is 255 g/mol. The highest BCUT2D eigenvalue weighted by atomic mass is 32.1. The maximum Gasteiger partial charge on any atom is 0.0669 e. The van der Waals surface area contributed by atoms with Gasteiger partial charge in [0, 0.05) is 4.88 Å². The molecule has 0 aliphatic carbocycles. The average Bonchev–Trinajstić information content (AvgIpc) is 2.63. The van der Waals surface area contributed by atoms with Gasteiger partial charge < -0.3 is 10.1 Å². The van der Waals surface area contributed by atoms with E-state index in [0.717, 1.165) is 19.6 Å². The number of hydrogen-bond acceptors (Lipinski definition) is 3. The van der Waals surface area contributed by atoms with E-state index in [1.807, 2.05) is 0 Å². The SMILES string of the molecule is CCCNC(COC(C)(C)C)c1ccsc1C. The predicted octanol–water partition coefficient (Wildman–Crippen LogP) is 3.91. The second-order valence-corrected chi connectivity index (χ2v) is 6.48. The molecule has 0 saturated carbocycles. The first-order valence-electron chi connectivity index (χ1n) is 6.35. The van der Waals surface area contributed by atoms with Crippen LogP contribution in [0.4, 0.5) is 0 Å². The van der Waals surface area contributed by atoms with Crippen LogP contribution in [-0.2, 0) is 4.74 Å². The first-order valence-corrected chi connectivity index (χ1v) is 7.23. The van der Waals surface area contributed by atoms with Crippen LogP contribution in [0.3, 0.4) is 0 Å². The smallest absolute Gasteiger partial charge is 0.0669 e. The van der Waals surface area contributed by atoms with Crippen molar-refractivity contribution in [3.63, 3.8) is 0 Å². The van der Waals surface area contributed by atoms with Crippen molar-refractivity contribution < 1.29 is 4.74 Å².